The van der Waals surface area contributed by atoms with Crippen molar-refractivity contribution in [1.29, 1.82) is 0 Å². The highest BCUT2D eigenvalue weighted by Gasteiger charge is 2.29. The standard InChI is InChI=1S/C15H30N2O/c1-4-8-16-15-7-9-17(10-12(15)2)11-14-6-5-13(3)18-14/h12-16H,4-11H2,1-3H3. The first kappa shape index (κ1) is 14.3. The third kappa shape index (κ3) is 3.94. The van der Waals surface area contributed by atoms with E-state index in [1.807, 2.05) is 0 Å². The first-order valence-electron chi connectivity index (χ1n) is 7.80. The Morgan fingerprint density at radius 3 is 2.67 bits per heavy atom. The van der Waals surface area contributed by atoms with Gasteiger partial charge in [-0.05, 0) is 51.6 Å². The minimum Gasteiger partial charge on any atom is -0.374 e. The first-order valence-corrected chi connectivity index (χ1v) is 7.80. The summed E-state index contributed by atoms with van der Waals surface area (Å²) in [6.45, 7) is 11.6. The van der Waals surface area contributed by atoms with Gasteiger partial charge in [-0.25, -0.2) is 0 Å². The van der Waals surface area contributed by atoms with E-state index >= 15 is 0 Å². The first-order chi connectivity index (χ1) is 8.69. The van der Waals surface area contributed by atoms with Gasteiger partial charge >= 0.3 is 0 Å². The Kier molecular flexibility index (Phi) is 5.46. The lowest BCUT2D eigenvalue weighted by molar-refractivity contribution is 0.0192. The van der Waals surface area contributed by atoms with Gasteiger partial charge in [0, 0.05) is 19.1 Å². The molecule has 4 atom stereocenters. The molecule has 0 radical (unpaired) electrons. The third-order valence-electron chi connectivity index (χ3n) is 4.43. The Labute approximate surface area is 112 Å². The molecule has 2 aliphatic heterocycles. The van der Waals surface area contributed by atoms with Crippen molar-refractivity contribution in [3.8, 4) is 0 Å². The van der Waals surface area contributed by atoms with Crippen molar-refractivity contribution >= 4 is 0 Å². The van der Waals surface area contributed by atoms with Crippen molar-refractivity contribution in [1.82, 2.24) is 10.2 Å². The van der Waals surface area contributed by atoms with E-state index in [0.717, 1.165) is 25.0 Å². The molecule has 2 aliphatic rings. The minimum absolute atomic E-state index is 0.483. The topological polar surface area (TPSA) is 24.5 Å². The van der Waals surface area contributed by atoms with E-state index in [9.17, 15) is 0 Å². The van der Waals surface area contributed by atoms with Crippen molar-refractivity contribution < 1.29 is 4.74 Å². The van der Waals surface area contributed by atoms with Crippen LogP contribution < -0.4 is 5.32 Å². The maximum absolute atomic E-state index is 5.93. The van der Waals surface area contributed by atoms with Gasteiger partial charge < -0.3 is 15.0 Å². The Balaban J connectivity index is 1.70. The van der Waals surface area contributed by atoms with Gasteiger partial charge in [-0.2, -0.15) is 0 Å². The third-order valence-corrected chi connectivity index (χ3v) is 4.43. The van der Waals surface area contributed by atoms with Crippen LogP contribution in [0.4, 0.5) is 0 Å². The summed E-state index contributed by atoms with van der Waals surface area (Å²) in [6, 6.07) is 0.727. The van der Waals surface area contributed by atoms with Crippen LogP contribution in [0.3, 0.4) is 0 Å². The lowest BCUT2D eigenvalue weighted by atomic mass is 9.93. The number of hydrogen-bond acceptors (Lipinski definition) is 3. The Morgan fingerprint density at radius 2 is 2.06 bits per heavy atom. The van der Waals surface area contributed by atoms with E-state index in [4.69, 9.17) is 4.74 Å². The molecule has 0 spiro atoms. The summed E-state index contributed by atoms with van der Waals surface area (Å²) in [5.74, 6) is 0.768. The van der Waals surface area contributed by atoms with Crippen molar-refractivity contribution in [3.05, 3.63) is 0 Å². The molecule has 3 heteroatoms. The Hall–Kier alpha value is -0.120. The average Bonchev–Trinajstić information content (AvgIpc) is 2.74. The molecule has 0 aromatic rings. The summed E-state index contributed by atoms with van der Waals surface area (Å²) in [5, 5.41) is 3.68. The Bertz CT molecular complexity index is 247. The zero-order valence-electron chi connectivity index (χ0n) is 12.3. The number of piperidine rings is 1. The molecule has 106 valence electrons. The van der Waals surface area contributed by atoms with E-state index < -0.39 is 0 Å². The highest BCUT2D eigenvalue weighted by atomic mass is 16.5. The molecule has 0 amide bonds. The smallest absolute Gasteiger partial charge is 0.0706 e. The highest BCUT2D eigenvalue weighted by Crippen LogP contribution is 2.23. The number of likely N-dealkylation sites (tertiary alicyclic amines) is 1. The van der Waals surface area contributed by atoms with Gasteiger partial charge in [0.1, 0.15) is 0 Å². The maximum Gasteiger partial charge on any atom is 0.0706 e. The van der Waals surface area contributed by atoms with Gasteiger partial charge in [0.05, 0.1) is 12.2 Å². The number of ether oxygens (including phenoxy) is 1. The highest BCUT2D eigenvalue weighted by molar-refractivity contribution is 4.84. The molecule has 0 bridgehead atoms. The van der Waals surface area contributed by atoms with Gasteiger partial charge in [-0.1, -0.05) is 13.8 Å². The van der Waals surface area contributed by atoms with Crippen LogP contribution in [0.15, 0.2) is 0 Å². The molecule has 2 fully saturated rings. The van der Waals surface area contributed by atoms with Crippen LogP contribution >= 0.6 is 0 Å². The zero-order valence-corrected chi connectivity index (χ0v) is 12.3. The number of hydrogen-bond donors (Lipinski definition) is 1. The fourth-order valence-electron chi connectivity index (χ4n) is 3.34. The van der Waals surface area contributed by atoms with E-state index in [1.54, 1.807) is 0 Å². The van der Waals surface area contributed by atoms with Gasteiger partial charge in [0.2, 0.25) is 0 Å². The predicted molar refractivity (Wildman–Crippen MR) is 75.9 cm³/mol. The molecular weight excluding hydrogens is 224 g/mol. The predicted octanol–water partition coefficient (Wildman–Crippen LogP) is 2.26. The molecule has 0 aromatic carbocycles. The molecule has 2 saturated heterocycles. The molecular formula is C15H30N2O. The monoisotopic (exact) mass is 254 g/mol. The fraction of sp³-hybridized carbons (Fsp3) is 1.00. The van der Waals surface area contributed by atoms with E-state index in [-0.39, 0.29) is 0 Å². The van der Waals surface area contributed by atoms with Crippen molar-refractivity contribution in [3.63, 3.8) is 0 Å². The van der Waals surface area contributed by atoms with Crippen molar-refractivity contribution in [2.45, 2.75) is 64.7 Å². The van der Waals surface area contributed by atoms with Gasteiger partial charge in [-0.15, -0.1) is 0 Å². The zero-order chi connectivity index (χ0) is 13.0. The summed E-state index contributed by atoms with van der Waals surface area (Å²) in [6.07, 6.45) is 6.01. The molecule has 0 aliphatic carbocycles. The molecule has 1 N–H and O–H groups in total. The van der Waals surface area contributed by atoms with Crippen molar-refractivity contribution in [2.75, 3.05) is 26.2 Å². The lowest BCUT2D eigenvalue weighted by Gasteiger charge is -2.38. The van der Waals surface area contributed by atoms with Crippen LogP contribution in [-0.2, 0) is 4.74 Å². The number of nitrogens with one attached hydrogen (secondary N) is 1. The summed E-state index contributed by atoms with van der Waals surface area (Å²) >= 11 is 0. The summed E-state index contributed by atoms with van der Waals surface area (Å²) in [4.78, 5) is 2.61. The van der Waals surface area contributed by atoms with Gasteiger partial charge in [-0.3, -0.25) is 0 Å². The number of nitrogens with zero attached hydrogens (tertiary/aromatic N) is 1. The molecule has 2 rings (SSSR count). The summed E-state index contributed by atoms with van der Waals surface area (Å²) in [5.41, 5.74) is 0. The van der Waals surface area contributed by atoms with Crippen molar-refractivity contribution in [2.24, 2.45) is 5.92 Å². The molecule has 4 unspecified atom stereocenters. The lowest BCUT2D eigenvalue weighted by Crippen LogP contribution is -2.50. The normalized spacial score (nSPS) is 38.2. The Morgan fingerprint density at radius 1 is 1.22 bits per heavy atom. The van der Waals surface area contributed by atoms with Crippen LogP contribution in [0, 0.1) is 5.92 Å². The minimum atomic E-state index is 0.483. The largest absolute Gasteiger partial charge is 0.374 e. The second-order valence-corrected chi connectivity index (χ2v) is 6.23. The van der Waals surface area contributed by atoms with Crippen LogP contribution in [0.1, 0.15) is 46.5 Å². The van der Waals surface area contributed by atoms with Crippen LogP contribution in [-0.4, -0.2) is 49.3 Å². The van der Waals surface area contributed by atoms with Crippen LogP contribution in [0.25, 0.3) is 0 Å². The van der Waals surface area contributed by atoms with Crippen LogP contribution in [0.2, 0.25) is 0 Å². The molecule has 18 heavy (non-hydrogen) atoms. The quantitative estimate of drug-likeness (QED) is 0.814. The van der Waals surface area contributed by atoms with Gasteiger partial charge in [0.25, 0.3) is 0 Å². The van der Waals surface area contributed by atoms with Gasteiger partial charge in [0.15, 0.2) is 0 Å². The summed E-state index contributed by atoms with van der Waals surface area (Å²) in [7, 11) is 0. The van der Waals surface area contributed by atoms with Crippen LogP contribution in [0.5, 0.6) is 0 Å². The van der Waals surface area contributed by atoms with E-state index in [0.29, 0.717) is 12.2 Å². The molecule has 2 heterocycles. The molecule has 0 aromatic heterocycles. The fourth-order valence-corrected chi connectivity index (χ4v) is 3.34. The molecule has 0 saturated carbocycles. The van der Waals surface area contributed by atoms with E-state index in [1.165, 1.54) is 38.8 Å². The SMILES string of the molecule is CCCNC1CCN(CC2CCC(C)O2)CC1C. The number of rotatable bonds is 5. The van der Waals surface area contributed by atoms with E-state index in [2.05, 4.69) is 31.0 Å². The average molecular weight is 254 g/mol. The summed E-state index contributed by atoms with van der Waals surface area (Å²) < 4.78 is 5.93. The second kappa shape index (κ2) is 6.88. The molecule has 3 nitrogen and oxygen atoms in total. The maximum atomic E-state index is 5.93. The second-order valence-electron chi connectivity index (χ2n) is 6.23.